The van der Waals surface area contributed by atoms with Crippen LogP contribution in [0.2, 0.25) is 0 Å². The monoisotopic (exact) mass is 260 g/mol. The van der Waals surface area contributed by atoms with Crippen LogP contribution in [0.15, 0.2) is 24.3 Å². The topological polar surface area (TPSA) is 88.4 Å². The van der Waals surface area contributed by atoms with Gasteiger partial charge in [0.15, 0.2) is 5.41 Å². The van der Waals surface area contributed by atoms with Gasteiger partial charge in [0.05, 0.1) is 32.0 Å². The summed E-state index contributed by atoms with van der Waals surface area (Å²) in [5.41, 5.74) is -0.355. The SMILES string of the molecule is COC(=O)c1cccc(NC(=O)C2(C#N)COC2)c1. The standard InChI is InChI=1S/C13H12N2O4/c1-18-11(16)9-3-2-4-10(5-9)15-12(17)13(6-14)7-19-8-13/h2-5H,7-8H2,1H3,(H,15,17). The summed E-state index contributed by atoms with van der Waals surface area (Å²) in [4.78, 5) is 23.3. The first-order chi connectivity index (χ1) is 9.11. The zero-order valence-corrected chi connectivity index (χ0v) is 10.3. The third-order valence-electron chi connectivity index (χ3n) is 2.89. The molecule has 0 aliphatic carbocycles. The first-order valence-electron chi connectivity index (χ1n) is 5.60. The summed E-state index contributed by atoms with van der Waals surface area (Å²) < 4.78 is 9.50. The number of esters is 1. The maximum Gasteiger partial charge on any atom is 0.337 e. The molecule has 1 amide bonds. The summed E-state index contributed by atoms with van der Waals surface area (Å²) >= 11 is 0. The number of carbonyl (C=O) groups excluding carboxylic acids is 2. The van der Waals surface area contributed by atoms with E-state index in [4.69, 9.17) is 10.00 Å². The number of nitrogens with zero attached hydrogens (tertiary/aromatic N) is 1. The molecular formula is C13H12N2O4. The van der Waals surface area contributed by atoms with Crippen LogP contribution in [0.3, 0.4) is 0 Å². The Kier molecular flexibility index (Phi) is 3.49. The molecule has 1 aliphatic rings. The molecule has 1 aliphatic heterocycles. The Labute approximate surface area is 109 Å². The number of amides is 1. The summed E-state index contributed by atoms with van der Waals surface area (Å²) in [6, 6.07) is 8.28. The average molecular weight is 260 g/mol. The highest BCUT2D eigenvalue weighted by molar-refractivity contribution is 5.99. The molecule has 1 fully saturated rings. The Morgan fingerprint density at radius 1 is 1.47 bits per heavy atom. The van der Waals surface area contributed by atoms with Crippen molar-refractivity contribution in [1.29, 1.82) is 5.26 Å². The van der Waals surface area contributed by atoms with Gasteiger partial charge in [0.1, 0.15) is 0 Å². The minimum atomic E-state index is -1.12. The van der Waals surface area contributed by atoms with Crippen LogP contribution < -0.4 is 5.32 Å². The predicted octanol–water partition coefficient (Wildman–Crippen LogP) is 0.952. The van der Waals surface area contributed by atoms with E-state index in [-0.39, 0.29) is 13.2 Å². The third kappa shape index (κ3) is 2.41. The fourth-order valence-electron chi connectivity index (χ4n) is 1.65. The van der Waals surface area contributed by atoms with Gasteiger partial charge in [0.25, 0.3) is 0 Å². The van der Waals surface area contributed by atoms with Crippen LogP contribution in [0.1, 0.15) is 10.4 Å². The molecule has 1 saturated heterocycles. The average Bonchev–Trinajstić information content (AvgIpc) is 2.37. The molecule has 0 atom stereocenters. The predicted molar refractivity (Wildman–Crippen MR) is 65.3 cm³/mol. The van der Waals surface area contributed by atoms with E-state index < -0.39 is 17.3 Å². The minimum absolute atomic E-state index is 0.0893. The summed E-state index contributed by atoms with van der Waals surface area (Å²) in [6.07, 6.45) is 0. The number of ether oxygens (including phenoxy) is 2. The van der Waals surface area contributed by atoms with Crippen LogP contribution in [-0.4, -0.2) is 32.2 Å². The first kappa shape index (κ1) is 13.1. The molecule has 2 rings (SSSR count). The van der Waals surface area contributed by atoms with E-state index in [1.807, 2.05) is 6.07 Å². The van der Waals surface area contributed by atoms with Crippen molar-refractivity contribution >= 4 is 17.6 Å². The quantitative estimate of drug-likeness (QED) is 0.817. The van der Waals surface area contributed by atoms with E-state index in [0.29, 0.717) is 11.3 Å². The molecule has 19 heavy (non-hydrogen) atoms. The van der Waals surface area contributed by atoms with Crippen LogP contribution in [-0.2, 0) is 14.3 Å². The van der Waals surface area contributed by atoms with Crippen molar-refractivity contribution < 1.29 is 19.1 Å². The zero-order chi connectivity index (χ0) is 13.9. The molecular weight excluding hydrogens is 248 g/mol. The zero-order valence-electron chi connectivity index (χ0n) is 10.3. The Morgan fingerprint density at radius 2 is 2.21 bits per heavy atom. The smallest absolute Gasteiger partial charge is 0.337 e. The molecule has 0 spiro atoms. The van der Waals surface area contributed by atoms with Gasteiger partial charge >= 0.3 is 5.97 Å². The van der Waals surface area contributed by atoms with E-state index in [1.165, 1.54) is 13.2 Å². The Bertz CT molecular complexity index is 558. The Morgan fingerprint density at radius 3 is 2.74 bits per heavy atom. The molecule has 1 N–H and O–H groups in total. The Hall–Kier alpha value is -2.39. The van der Waals surface area contributed by atoms with E-state index in [2.05, 4.69) is 10.1 Å². The highest BCUT2D eigenvalue weighted by Crippen LogP contribution is 2.28. The van der Waals surface area contributed by atoms with Crippen LogP contribution in [0, 0.1) is 16.7 Å². The third-order valence-corrected chi connectivity index (χ3v) is 2.89. The Balaban J connectivity index is 2.14. The van der Waals surface area contributed by atoms with Gasteiger partial charge in [0, 0.05) is 5.69 Å². The highest BCUT2D eigenvalue weighted by atomic mass is 16.5. The second-order valence-corrected chi connectivity index (χ2v) is 4.21. The van der Waals surface area contributed by atoms with E-state index >= 15 is 0 Å². The van der Waals surface area contributed by atoms with Gasteiger partial charge in [-0.05, 0) is 18.2 Å². The van der Waals surface area contributed by atoms with Crippen LogP contribution in [0.25, 0.3) is 0 Å². The van der Waals surface area contributed by atoms with Crippen LogP contribution in [0.4, 0.5) is 5.69 Å². The number of methoxy groups -OCH3 is 1. The number of anilines is 1. The maximum absolute atomic E-state index is 12.0. The molecule has 1 heterocycles. The van der Waals surface area contributed by atoms with Gasteiger partial charge in [0.2, 0.25) is 5.91 Å². The van der Waals surface area contributed by atoms with Crippen LogP contribution >= 0.6 is 0 Å². The lowest BCUT2D eigenvalue weighted by molar-refractivity contribution is -0.144. The number of hydrogen-bond acceptors (Lipinski definition) is 5. The minimum Gasteiger partial charge on any atom is -0.465 e. The molecule has 0 bridgehead atoms. The fraction of sp³-hybridized carbons (Fsp3) is 0.308. The lowest BCUT2D eigenvalue weighted by Crippen LogP contribution is -2.50. The van der Waals surface area contributed by atoms with Crippen LogP contribution in [0.5, 0.6) is 0 Å². The highest BCUT2D eigenvalue weighted by Gasteiger charge is 2.46. The van der Waals surface area contributed by atoms with Gasteiger partial charge < -0.3 is 14.8 Å². The summed E-state index contributed by atoms with van der Waals surface area (Å²) in [7, 11) is 1.28. The molecule has 98 valence electrons. The van der Waals surface area contributed by atoms with Crippen molar-refractivity contribution in [3.8, 4) is 6.07 Å². The number of nitriles is 1. The lowest BCUT2D eigenvalue weighted by atomic mass is 9.87. The van der Waals surface area contributed by atoms with E-state index in [0.717, 1.165) is 0 Å². The normalized spacial score (nSPS) is 15.8. The summed E-state index contributed by atoms with van der Waals surface area (Å²) in [6.45, 7) is 0.179. The van der Waals surface area contributed by atoms with E-state index in [1.54, 1.807) is 18.2 Å². The summed E-state index contributed by atoms with van der Waals surface area (Å²) in [5, 5.41) is 11.6. The second kappa shape index (κ2) is 5.08. The van der Waals surface area contributed by atoms with Crippen molar-refractivity contribution in [2.45, 2.75) is 0 Å². The van der Waals surface area contributed by atoms with Crippen molar-refractivity contribution in [2.24, 2.45) is 5.41 Å². The number of carbonyl (C=O) groups is 2. The molecule has 1 aromatic rings. The van der Waals surface area contributed by atoms with Gasteiger partial charge in [-0.2, -0.15) is 5.26 Å². The van der Waals surface area contributed by atoms with E-state index in [9.17, 15) is 9.59 Å². The fourth-order valence-corrected chi connectivity index (χ4v) is 1.65. The van der Waals surface area contributed by atoms with Crippen molar-refractivity contribution in [2.75, 3.05) is 25.6 Å². The van der Waals surface area contributed by atoms with Gasteiger partial charge in [-0.15, -0.1) is 0 Å². The summed E-state index contributed by atoms with van der Waals surface area (Å²) in [5.74, 6) is -0.915. The molecule has 6 nitrogen and oxygen atoms in total. The maximum atomic E-state index is 12.0. The number of benzene rings is 1. The number of nitrogens with one attached hydrogen (secondary N) is 1. The molecule has 0 unspecified atom stereocenters. The molecule has 1 aromatic carbocycles. The van der Waals surface area contributed by atoms with Gasteiger partial charge in [-0.1, -0.05) is 6.07 Å². The van der Waals surface area contributed by atoms with Crippen molar-refractivity contribution in [1.82, 2.24) is 0 Å². The number of hydrogen-bond donors (Lipinski definition) is 1. The molecule has 6 heteroatoms. The van der Waals surface area contributed by atoms with Crippen molar-refractivity contribution in [3.63, 3.8) is 0 Å². The van der Waals surface area contributed by atoms with Gasteiger partial charge in [-0.3, -0.25) is 4.79 Å². The van der Waals surface area contributed by atoms with Gasteiger partial charge in [-0.25, -0.2) is 4.79 Å². The second-order valence-electron chi connectivity index (χ2n) is 4.21. The molecule has 0 radical (unpaired) electrons. The molecule has 0 saturated carbocycles. The van der Waals surface area contributed by atoms with Crippen molar-refractivity contribution in [3.05, 3.63) is 29.8 Å². The number of rotatable bonds is 3. The largest absolute Gasteiger partial charge is 0.465 e. The first-order valence-corrected chi connectivity index (χ1v) is 5.60. The lowest BCUT2D eigenvalue weighted by Gasteiger charge is -2.33. The molecule has 0 aromatic heterocycles.